The molecule has 1 aliphatic rings. The van der Waals surface area contributed by atoms with Crippen molar-refractivity contribution in [1.29, 1.82) is 5.26 Å². The van der Waals surface area contributed by atoms with Crippen LogP contribution < -0.4 is 14.4 Å². The quantitative estimate of drug-likeness (QED) is 0.724. The maximum atomic E-state index is 12.4. The second-order valence-corrected chi connectivity index (χ2v) is 6.36. The molecule has 144 valence electrons. The first kappa shape index (κ1) is 19.3. The predicted molar refractivity (Wildman–Crippen MR) is 108 cm³/mol. The van der Waals surface area contributed by atoms with Crippen molar-refractivity contribution in [3.63, 3.8) is 0 Å². The number of rotatable bonds is 6. The summed E-state index contributed by atoms with van der Waals surface area (Å²) in [6.07, 6.45) is 3.40. The van der Waals surface area contributed by atoms with Crippen LogP contribution in [0.15, 0.2) is 54.6 Å². The monoisotopic (exact) mass is 377 g/mol. The molecule has 0 aliphatic carbocycles. The number of carbonyl (C=O) groups is 1. The summed E-state index contributed by atoms with van der Waals surface area (Å²) < 4.78 is 10.4. The second kappa shape index (κ2) is 9.47. The van der Waals surface area contributed by atoms with E-state index in [-0.39, 0.29) is 12.5 Å². The largest absolute Gasteiger partial charge is 0.497 e. The first-order valence-electron chi connectivity index (χ1n) is 9.15. The van der Waals surface area contributed by atoms with Crippen LogP contribution in [-0.2, 0) is 4.79 Å². The van der Waals surface area contributed by atoms with Gasteiger partial charge < -0.3 is 19.3 Å². The van der Waals surface area contributed by atoms with E-state index in [1.807, 2.05) is 47.4 Å². The van der Waals surface area contributed by atoms with Gasteiger partial charge in [0.2, 0.25) is 5.91 Å². The fourth-order valence-corrected chi connectivity index (χ4v) is 3.04. The third-order valence-corrected chi connectivity index (χ3v) is 4.63. The fraction of sp³-hybridized carbons (Fsp3) is 0.273. The van der Waals surface area contributed by atoms with Crippen molar-refractivity contribution in [3.05, 3.63) is 60.2 Å². The molecule has 0 atom stereocenters. The third-order valence-electron chi connectivity index (χ3n) is 4.63. The van der Waals surface area contributed by atoms with E-state index in [0.717, 1.165) is 30.1 Å². The van der Waals surface area contributed by atoms with E-state index in [0.29, 0.717) is 18.8 Å². The standard InChI is InChI=1S/C22H23N3O3/c1-27-20-9-5-19(6-10-20)24-13-15-25(16-14-24)22(26)11-4-18-2-7-21(8-3-18)28-17-12-23/h2-11H,13-17H2,1H3/b11-4+. The molecule has 6 nitrogen and oxygen atoms in total. The summed E-state index contributed by atoms with van der Waals surface area (Å²) in [6.45, 7) is 3.01. The van der Waals surface area contributed by atoms with Gasteiger partial charge in [0.05, 0.1) is 7.11 Å². The van der Waals surface area contributed by atoms with Gasteiger partial charge in [0, 0.05) is 37.9 Å². The fourth-order valence-electron chi connectivity index (χ4n) is 3.04. The summed E-state index contributed by atoms with van der Waals surface area (Å²) in [5.74, 6) is 1.49. The molecule has 0 bridgehead atoms. The normalized spacial score (nSPS) is 14.0. The molecular formula is C22H23N3O3. The Morgan fingerprint density at radius 3 is 2.29 bits per heavy atom. The number of benzene rings is 2. The van der Waals surface area contributed by atoms with Crippen LogP contribution in [0.5, 0.6) is 11.5 Å². The van der Waals surface area contributed by atoms with Gasteiger partial charge in [-0.3, -0.25) is 4.79 Å². The molecular weight excluding hydrogens is 354 g/mol. The van der Waals surface area contributed by atoms with E-state index < -0.39 is 0 Å². The van der Waals surface area contributed by atoms with Crippen LogP contribution in [0.25, 0.3) is 6.08 Å². The van der Waals surface area contributed by atoms with Gasteiger partial charge in [-0.2, -0.15) is 5.26 Å². The number of nitrogens with zero attached hydrogens (tertiary/aromatic N) is 3. The molecule has 0 radical (unpaired) electrons. The first-order chi connectivity index (χ1) is 13.7. The second-order valence-electron chi connectivity index (χ2n) is 6.36. The van der Waals surface area contributed by atoms with Crippen LogP contribution in [0.3, 0.4) is 0 Å². The zero-order chi connectivity index (χ0) is 19.8. The number of ether oxygens (including phenoxy) is 2. The number of hydrogen-bond acceptors (Lipinski definition) is 5. The van der Waals surface area contributed by atoms with Gasteiger partial charge in [-0.05, 0) is 48.0 Å². The highest BCUT2D eigenvalue weighted by Crippen LogP contribution is 2.20. The Hall–Kier alpha value is -3.46. The number of carbonyl (C=O) groups excluding carboxylic acids is 1. The lowest BCUT2D eigenvalue weighted by atomic mass is 10.2. The number of hydrogen-bond donors (Lipinski definition) is 0. The van der Waals surface area contributed by atoms with E-state index in [2.05, 4.69) is 4.90 Å². The maximum Gasteiger partial charge on any atom is 0.246 e. The summed E-state index contributed by atoms with van der Waals surface area (Å²) in [7, 11) is 1.66. The van der Waals surface area contributed by atoms with Crippen molar-refractivity contribution in [2.75, 3.05) is 44.8 Å². The van der Waals surface area contributed by atoms with Crippen molar-refractivity contribution in [3.8, 4) is 17.6 Å². The van der Waals surface area contributed by atoms with E-state index in [4.69, 9.17) is 14.7 Å². The SMILES string of the molecule is COc1ccc(N2CCN(C(=O)/C=C/c3ccc(OCC#N)cc3)CC2)cc1. The lowest BCUT2D eigenvalue weighted by Crippen LogP contribution is -2.48. The summed E-state index contributed by atoms with van der Waals surface area (Å²) in [6, 6.07) is 17.2. The summed E-state index contributed by atoms with van der Waals surface area (Å²) in [4.78, 5) is 16.6. The molecule has 0 spiro atoms. The minimum Gasteiger partial charge on any atom is -0.497 e. The van der Waals surface area contributed by atoms with Gasteiger partial charge in [-0.15, -0.1) is 0 Å². The Bertz CT molecular complexity index is 846. The smallest absolute Gasteiger partial charge is 0.246 e. The van der Waals surface area contributed by atoms with Gasteiger partial charge in [0.25, 0.3) is 0 Å². The Balaban J connectivity index is 1.50. The van der Waals surface area contributed by atoms with Crippen LogP contribution in [0.4, 0.5) is 5.69 Å². The molecule has 0 saturated carbocycles. The summed E-state index contributed by atoms with van der Waals surface area (Å²) >= 11 is 0. The number of anilines is 1. The molecule has 2 aromatic rings. The number of piperazine rings is 1. The zero-order valence-electron chi connectivity index (χ0n) is 15.9. The Labute approximate surface area is 165 Å². The number of methoxy groups -OCH3 is 1. The minimum atomic E-state index is 0.0131. The molecule has 0 aromatic heterocycles. The van der Waals surface area contributed by atoms with Crippen molar-refractivity contribution >= 4 is 17.7 Å². The van der Waals surface area contributed by atoms with Crippen molar-refractivity contribution in [2.24, 2.45) is 0 Å². The lowest BCUT2D eigenvalue weighted by molar-refractivity contribution is -0.126. The molecule has 3 rings (SSSR count). The van der Waals surface area contributed by atoms with Crippen LogP contribution in [0.2, 0.25) is 0 Å². The Morgan fingerprint density at radius 2 is 1.68 bits per heavy atom. The van der Waals surface area contributed by atoms with Crippen LogP contribution in [0, 0.1) is 11.3 Å². The molecule has 2 aromatic carbocycles. The first-order valence-corrected chi connectivity index (χ1v) is 9.15. The van der Waals surface area contributed by atoms with Crippen molar-refractivity contribution < 1.29 is 14.3 Å². The molecule has 1 saturated heterocycles. The maximum absolute atomic E-state index is 12.4. The number of nitriles is 1. The molecule has 1 aliphatic heterocycles. The Morgan fingerprint density at radius 1 is 1.04 bits per heavy atom. The number of amides is 1. The van der Waals surface area contributed by atoms with E-state index >= 15 is 0 Å². The molecule has 0 N–H and O–H groups in total. The van der Waals surface area contributed by atoms with Crippen LogP contribution in [0.1, 0.15) is 5.56 Å². The van der Waals surface area contributed by atoms with E-state index in [1.54, 1.807) is 31.4 Å². The van der Waals surface area contributed by atoms with E-state index in [1.165, 1.54) is 0 Å². The Kier molecular flexibility index (Phi) is 6.53. The highest BCUT2D eigenvalue weighted by molar-refractivity contribution is 5.92. The summed E-state index contributed by atoms with van der Waals surface area (Å²) in [5, 5.41) is 8.52. The molecule has 1 amide bonds. The predicted octanol–water partition coefficient (Wildman–Crippen LogP) is 2.96. The highest BCUT2D eigenvalue weighted by atomic mass is 16.5. The van der Waals surface area contributed by atoms with Gasteiger partial charge >= 0.3 is 0 Å². The molecule has 1 heterocycles. The minimum absolute atomic E-state index is 0.0131. The van der Waals surface area contributed by atoms with Gasteiger partial charge in [0.15, 0.2) is 6.61 Å². The van der Waals surface area contributed by atoms with Gasteiger partial charge in [0.1, 0.15) is 17.6 Å². The highest BCUT2D eigenvalue weighted by Gasteiger charge is 2.19. The average Bonchev–Trinajstić information content (AvgIpc) is 2.77. The molecule has 1 fully saturated rings. The zero-order valence-corrected chi connectivity index (χ0v) is 15.9. The van der Waals surface area contributed by atoms with Crippen LogP contribution >= 0.6 is 0 Å². The molecule has 28 heavy (non-hydrogen) atoms. The summed E-state index contributed by atoms with van der Waals surface area (Å²) in [5.41, 5.74) is 2.05. The van der Waals surface area contributed by atoms with Crippen LogP contribution in [-0.4, -0.2) is 50.7 Å². The third kappa shape index (κ3) is 5.04. The van der Waals surface area contributed by atoms with Crippen molar-refractivity contribution in [1.82, 2.24) is 4.90 Å². The lowest BCUT2D eigenvalue weighted by Gasteiger charge is -2.35. The topological polar surface area (TPSA) is 65.8 Å². The molecule has 6 heteroatoms. The van der Waals surface area contributed by atoms with Crippen molar-refractivity contribution in [2.45, 2.75) is 0 Å². The van der Waals surface area contributed by atoms with Gasteiger partial charge in [-0.25, -0.2) is 0 Å². The molecule has 0 unspecified atom stereocenters. The van der Waals surface area contributed by atoms with E-state index in [9.17, 15) is 4.79 Å². The average molecular weight is 377 g/mol. The van der Waals surface area contributed by atoms with Gasteiger partial charge in [-0.1, -0.05) is 12.1 Å².